The van der Waals surface area contributed by atoms with Crippen molar-refractivity contribution in [1.29, 1.82) is 5.53 Å². The molecule has 0 saturated heterocycles. The van der Waals surface area contributed by atoms with Crippen LogP contribution >= 0.6 is 0 Å². The number of unbranched alkanes of at least 4 members (excludes halogenated alkanes) is 3. The van der Waals surface area contributed by atoms with Crippen LogP contribution in [0.4, 0.5) is 0 Å². The predicted octanol–water partition coefficient (Wildman–Crippen LogP) is 4.33. The van der Waals surface area contributed by atoms with Gasteiger partial charge in [0.1, 0.15) is 0 Å². The molecule has 0 fully saturated rings. The SMILES string of the molecule is CCCCCCC1=CC(=O)C=CC1=O.[N-]=[N+]=N.[N-]=[N+]=[N-]. The number of nitrogens with zero attached hydrogens (tertiary/aromatic N) is 5. The fourth-order valence-corrected chi connectivity index (χ4v) is 1.49. The highest BCUT2D eigenvalue weighted by molar-refractivity contribution is 6.17. The average Bonchev–Trinajstić information content (AvgIpc) is 2.40. The van der Waals surface area contributed by atoms with Crippen LogP contribution in [0.1, 0.15) is 39.0 Å². The van der Waals surface area contributed by atoms with E-state index >= 15 is 0 Å². The van der Waals surface area contributed by atoms with Gasteiger partial charge in [0.05, 0.1) is 0 Å². The number of ketones is 2. The molecule has 1 aliphatic carbocycles. The smallest absolute Gasteiger partial charge is 0.182 e. The van der Waals surface area contributed by atoms with Gasteiger partial charge in [0, 0.05) is 5.57 Å². The van der Waals surface area contributed by atoms with Gasteiger partial charge in [0.25, 0.3) is 0 Å². The van der Waals surface area contributed by atoms with Crippen LogP contribution in [0.15, 0.2) is 23.8 Å². The summed E-state index contributed by atoms with van der Waals surface area (Å²) in [4.78, 5) is 25.5. The summed E-state index contributed by atoms with van der Waals surface area (Å²) in [6.07, 6.45) is 9.45. The van der Waals surface area contributed by atoms with E-state index in [2.05, 4.69) is 6.92 Å². The van der Waals surface area contributed by atoms with Gasteiger partial charge < -0.3 is 11.1 Å². The van der Waals surface area contributed by atoms with E-state index in [4.69, 9.17) is 22.1 Å². The summed E-state index contributed by atoms with van der Waals surface area (Å²) >= 11 is 0. The first-order chi connectivity index (χ1) is 9.56. The lowest BCUT2D eigenvalue weighted by Gasteiger charge is -2.05. The maximum absolute atomic E-state index is 11.3. The second kappa shape index (κ2) is 14.5. The maximum atomic E-state index is 11.3. The molecule has 0 saturated carbocycles. The number of nitrogens with one attached hydrogen (secondary N) is 1. The van der Waals surface area contributed by atoms with E-state index in [9.17, 15) is 9.59 Å². The van der Waals surface area contributed by atoms with Gasteiger partial charge in [-0.3, -0.25) is 14.5 Å². The third-order valence-electron chi connectivity index (χ3n) is 2.33. The third-order valence-corrected chi connectivity index (χ3v) is 2.33. The quantitative estimate of drug-likeness (QED) is 0.261. The minimum Gasteiger partial charge on any atom is -0.373 e. The van der Waals surface area contributed by atoms with Crippen LogP contribution in [0.5, 0.6) is 0 Å². The van der Waals surface area contributed by atoms with E-state index in [0.717, 1.165) is 19.3 Å². The van der Waals surface area contributed by atoms with Crippen LogP contribution in [-0.2, 0) is 9.59 Å². The molecule has 1 aliphatic rings. The molecule has 0 atom stereocenters. The normalized spacial score (nSPS) is 11.9. The molecule has 0 unspecified atom stereocenters. The zero-order valence-corrected chi connectivity index (χ0v) is 11.3. The minimum atomic E-state index is -0.0601. The second-order valence-corrected chi connectivity index (χ2v) is 3.77. The Hall–Kier alpha value is -2.56. The summed E-state index contributed by atoms with van der Waals surface area (Å²) in [5, 5.41) is 0. The highest BCUT2D eigenvalue weighted by Crippen LogP contribution is 2.14. The topological polar surface area (TPSA) is 153 Å². The molecule has 0 spiro atoms. The zero-order valence-electron chi connectivity index (χ0n) is 11.3. The van der Waals surface area contributed by atoms with Crippen LogP contribution in [-0.4, -0.2) is 11.6 Å². The van der Waals surface area contributed by atoms with Crippen molar-refractivity contribution in [2.75, 3.05) is 0 Å². The van der Waals surface area contributed by atoms with Crippen molar-refractivity contribution in [3.05, 3.63) is 50.2 Å². The zero-order chi connectivity index (χ0) is 15.8. The molecule has 20 heavy (non-hydrogen) atoms. The summed E-state index contributed by atoms with van der Waals surface area (Å²) in [5.41, 5.74) is 26.4. The van der Waals surface area contributed by atoms with Gasteiger partial charge in [0.2, 0.25) is 0 Å². The molecule has 0 aromatic rings. The monoisotopic (exact) mass is 277 g/mol. The van der Waals surface area contributed by atoms with Crippen LogP contribution in [0.3, 0.4) is 0 Å². The number of hydrogen-bond acceptors (Lipinski definition) is 3. The molecule has 8 heteroatoms. The van der Waals surface area contributed by atoms with Crippen LogP contribution in [0.2, 0.25) is 0 Å². The Morgan fingerprint density at radius 1 is 1.10 bits per heavy atom. The first kappa shape index (κ1) is 19.8. The van der Waals surface area contributed by atoms with Gasteiger partial charge in [-0.2, -0.15) is 0 Å². The predicted molar refractivity (Wildman–Crippen MR) is 75.5 cm³/mol. The highest BCUT2D eigenvalue weighted by Gasteiger charge is 2.11. The Labute approximate surface area is 117 Å². The largest absolute Gasteiger partial charge is 0.373 e. The summed E-state index contributed by atoms with van der Waals surface area (Å²) in [7, 11) is 0. The van der Waals surface area contributed by atoms with Gasteiger partial charge in [-0.15, -0.1) is 5.53 Å². The molecule has 0 radical (unpaired) electrons. The third kappa shape index (κ3) is 11.9. The first-order valence-corrected chi connectivity index (χ1v) is 6.03. The molecule has 8 nitrogen and oxygen atoms in total. The summed E-state index contributed by atoms with van der Waals surface area (Å²) in [6, 6.07) is 0. The van der Waals surface area contributed by atoms with Crippen molar-refractivity contribution in [3.63, 3.8) is 0 Å². The summed E-state index contributed by atoms with van der Waals surface area (Å²) < 4.78 is 0. The van der Waals surface area contributed by atoms with Gasteiger partial charge in [-0.05, 0) is 41.5 Å². The Bertz CT molecular complexity index is 429. The molecule has 1 rings (SSSR count). The van der Waals surface area contributed by atoms with E-state index in [1.807, 2.05) is 0 Å². The molecule has 0 amide bonds. The first-order valence-electron chi connectivity index (χ1n) is 6.03. The van der Waals surface area contributed by atoms with Gasteiger partial charge in [-0.25, -0.2) is 0 Å². The molecule has 108 valence electrons. The number of allylic oxidation sites excluding steroid dienone is 4. The van der Waals surface area contributed by atoms with E-state index in [1.54, 1.807) is 4.91 Å². The van der Waals surface area contributed by atoms with E-state index in [1.165, 1.54) is 36.0 Å². The van der Waals surface area contributed by atoms with Gasteiger partial charge >= 0.3 is 0 Å². The van der Waals surface area contributed by atoms with Crippen molar-refractivity contribution in [1.82, 2.24) is 0 Å². The molecule has 0 aromatic carbocycles. The number of hydrogen-bond donors (Lipinski definition) is 1. The number of rotatable bonds is 5. The van der Waals surface area contributed by atoms with Crippen LogP contribution < -0.4 is 0 Å². The summed E-state index contributed by atoms with van der Waals surface area (Å²) in [5.74, 6) is -0.0591. The number of carbonyl (C=O) groups is 2. The molecular weight excluding hydrogens is 260 g/mol. The van der Waals surface area contributed by atoms with Gasteiger partial charge in [-0.1, -0.05) is 26.2 Å². The molecular formula is C12H17N6O2-. The lowest BCUT2D eigenvalue weighted by atomic mass is 9.98. The van der Waals surface area contributed by atoms with Crippen molar-refractivity contribution in [2.45, 2.75) is 39.0 Å². The van der Waals surface area contributed by atoms with E-state index < -0.39 is 0 Å². The van der Waals surface area contributed by atoms with Gasteiger partial charge in [0.15, 0.2) is 11.6 Å². The fraction of sp³-hybridized carbons (Fsp3) is 0.500. The molecule has 0 bridgehead atoms. The Morgan fingerprint density at radius 3 is 2.15 bits per heavy atom. The van der Waals surface area contributed by atoms with Crippen molar-refractivity contribution >= 4 is 11.6 Å². The molecule has 1 N–H and O–H groups in total. The lowest BCUT2D eigenvalue weighted by molar-refractivity contribution is -0.114. The second-order valence-electron chi connectivity index (χ2n) is 3.77. The summed E-state index contributed by atoms with van der Waals surface area (Å²) in [6.45, 7) is 2.15. The lowest BCUT2D eigenvalue weighted by Crippen LogP contribution is -2.07. The Kier molecular flexibility index (Phi) is 14.3. The molecule has 0 aliphatic heterocycles. The maximum Gasteiger partial charge on any atom is 0.182 e. The Balaban J connectivity index is 0. The van der Waals surface area contributed by atoms with Crippen LogP contribution in [0, 0.1) is 5.53 Å². The van der Waals surface area contributed by atoms with Crippen molar-refractivity contribution < 1.29 is 9.59 Å². The fourth-order valence-electron chi connectivity index (χ4n) is 1.49. The van der Waals surface area contributed by atoms with E-state index in [-0.39, 0.29) is 11.6 Å². The van der Waals surface area contributed by atoms with Crippen molar-refractivity contribution in [2.24, 2.45) is 0 Å². The van der Waals surface area contributed by atoms with Crippen LogP contribution in [0.25, 0.3) is 26.4 Å². The average molecular weight is 277 g/mol. The highest BCUT2D eigenvalue weighted by atomic mass is 16.1. The van der Waals surface area contributed by atoms with Crippen molar-refractivity contribution in [3.8, 4) is 0 Å². The minimum absolute atomic E-state index is 0.00102. The standard InChI is InChI=1S/C12H16O2.HN3.N3/c1-2-3-4-5-6-10-9-11(13)7-8-12(10)14;2*1-3-2/h7-9H,2-6H2,1H3;1H;/q;;-1. The van der Waals surface area contributed by atoms with E-state index in [0.29, 0.717) is 5.57 Å². The Morgan fingerprint density at radius 2 is 1.65 bits per heavy atom. The number of carbonyl (C=O) groups excluding carboxylic acids is 2. The molecule has 0 aromatic heterocycles. The molecule has 0 heterocycles.